The molecule has 1 radical (unpaired) electrons. The molecule has 1 rings (SSSR count). The molecule has 0 aliphatic carbocycles. The first-order chi connectivity index (χ1) is 4.34. The second-order valence-corrected chi connectivity index (χ2v) is 1.86. The zero-order valence-corrected chi connectivity index (χ0v) is 5.32. The number of rotatable bonds is 1. The van der Waals surface area contributed by atoms with Crippen molar-refractivity contribution in [2.24, 2.45) is 0 Å². The van der Waals surface area contributed by atoms with Crippen LogP contribution in [0.15, 0.2) is 18.2 Å². The average molecular weight is 123 g/mol. The Hall–Kier alpha value is -0.850. The van der Waals surface area contributed by atoms with Crippen molar-refractivity contribution in [3.63, 3.8) is 0 Å². The Balaban J connectivity index is 3.01. The highest BCUT2D eigenvalue weighted by Gasteiger charge is 1.94. The molecule has 0 fully saturated rings. The van der Waals surface area contributed by atoms with Crippen LogP contribution in [0.2, 0.25) is 0 Å². The van der Waals surface area contributed by atoms with E-state index in [-0.39, 0.29) is 5.82 Å². The van der Waals surface area contributed by atoms with Crippen molar-refractivity contribution in [1.29, 1.82) is 0 Å². The number of hydrogen-bond donors (Lipinski definition) is 0. The summed E-state index contributed by atoms with van der Waals surface area (Å²) in [4.78, 5) is 0. The fraction of sp³-hybridized carbons (Fsp3) is 0.250. The molecular formula is C8H8F. The fourth-order valence-electron chi connectivity index (χ4n) is 0.724. The third-order valence-electron chi connectivity index (χ3n) is 1.27. The Bertz CT molecular complexity index is 194. The van der Waals surface area contributed by atoms with E-state index in [9.17, 15) is 4.39 Å². The van der Waals surface area contributed by atoms with Crippen LogP contribution in [-0.2, 0) is 6.42 Å². The van der Waals surface area contributed by atoms with E-state index >= 15 is 0 Å². The molecule has 1 aromatic rings. The third-order valence-corrected chi connectivity index (χ3v) is 1.27. The van der Waals surface area contributed by atoms with Crippen molar-refractivity contribution >= 4 is 0 Å². The molecule has 0 aliphatic heterocycles. The maximum Gasteiger partial charge on any atom is 0.134 e. The minimum Gasteiger partial charge on any atom is -0.206 e. The van der Waals surface area contributed by atoms with Crippen molar-refractivity contribution in [2.75, 3.05) is 0 Å². The first-order valence-corrected chi connectivity index (χ1v) is 2.99. The van der Waals surface area contributed by atoms with Gasteiger partial charge in [0.15, 0.2) is 0 Å². The summed E-state index contributed by atoms with van der Waals surface area (Å²) in [5.41, 5.74) is 0.734. The van der Waals surface area contributed by atoms with Gasteiger partial charge in [-0.3, -0.25) is 0 Å². The summed E-state index contributed by atoms with van der Waals surface area (Å²) in [6, 6.07) is 7.63. The summed E-state index contributed by atoms with van der Waals surface area (Å²) in [6.45, 7) is 1.92. The number of hydrogen-bond acceptors (Lipinski definition) is 0. The molecule has 1 heteroatoms. The molecule has 0 saturated heterocycles. The quantitative estimate of drug-likeness (QED) is 0.537. The maximum atomic E-state index is 12.5. The van der Waals surface area contributed by atoms with Gasteiger partial charge in [-0.1, -0.05) is 25.1 Å². The summed E-state index contributed by atoms with van der Waals surface area (Å²) in [7, 11) is 0. The Kier molecular flexibility index (Phi) is 1.83. The van der Waals surface area contributed by atoms with Gasteiger partial charge in [-0.25, -0.2) is 4.39 Å². The van der Waals surface area contributed by atoms with Gasteiger partial charge in [-0.2, -0.15) is 0 Å². The van der Waals surface area contributed by atoms with Crippen molar-refractivity contribution in [2.45, 2.75) is 13.3 Å². The zero-order chi connectivity index (χ0) is 6.69. The standard InChI is InChI=1S/C8H8F/c1-2-7-5-3-4-6-8(7)9/h3-5H,2H2,1H3. The van der Waals surface area contributed by atoms with Gasteiger partial charge in [0.1, 0.15) is 5.82 Å². The van der Waals surface area contributed by atoms with Gasteiger partial charge in [0.25, 0.3) is 0 Å². The van der Waals surface area contributed by atoms with E-state index in [1.807, 2.05) is 6.92 Å². The van der Waals surface area contributed by atoms with Gasteiger partial charge in [0.05, 0.1) is 0 Å². The van der Waals surface area contributed by atoms with Crippen LogP contribution in [0.4, 0.5) is 4.39 Å². The topological polar surface area (TPSA) is 0 Å². The molecule has 0 nitrogen and oxygen atoms in total. The highest BCUT2D eigenvalue weighted by Crippen LogP contribution is 2.04. The van der Waals surface area contributed by atoms with Crippen molar-refractivity contribution in [1.82, 2.24) is 0 Å². The van der Waals surface area contributed by atoms with Crippen molar-refractivity contribution in [3.8, 4) is 0 Å². The average Bonchev–Trinajstić information content (AvgIpc) is 1.89. The molecule has 0 unspecified atom stereocenters. The van der Waals surface area contributed by atoms with E-state index in [0.29, 0.717) is 0 Å². The molecule has 0 saturated carbocycles. The van der Waals surface area contributed by atoms with E-state index in [1.54, 1.807) is 18.2 Å². The summed E-state index contributed by atoms with van der Waals surface area (Å²) < 4.78 is 12.5. The molecule has 0 spiro atoms. The Morgan fingerprint density at radius 1 is 1.67 bits per heavy atom. The van der Waals surface area contributed by atoms with Crippen LogP contribution in [0.1, 0.15) is 12.5 Å². The molecule has 0 bridgehead atoms. The van der Waals surface area contributed by atoms with Crippen LogP contribution < -0.4 is 0 Å². The van der Waals surface area contributed by atoms with Crippen LogP contribution in [0.3, 0.4) is 0 Å². The van der Waals surface area contributed by atoms with Crippen LogP contribution in [0, 0.1) is 11.9 Å². The molecule has 0 amide bonds. The summed E-state index contributed by atoms with van der Waals surface area (Å²) in [5, 5.41) is 0. The molecule has 1 aromatic carbocycles. The Labute approximate surface area is 54.3 Å². The summed E-state index contributed by atoms with van der Waals surface area (Å²) in [5.74, 6) is -0.222. The minimum absolute atomic E-state index is 0.222. The normalized spacial score (nSPS) is 9.56. The summed E-state index contributed by atoms with van der Waals surface area (Å²) >= 11 is 0. The molecule has 0 aliphatic rings. The Morgan fingerprint density at radius 3 is 2.89 bits per heavy atom. The van der Waals surface area contributed by atoms with E-state index in [0.717, 1.165) is 12.0 Å². The van der Waals surface area contributed by atoms with Gasteiger partial charge in [-0.05, 0) is 12.0 Å². The van der Waals surface area contributed by atoms with Gasteiger partial charge >= 0.3 is 0 Å². The van der Waals surface area contributed by atoms with Gasteiger partial charge < -0.3 is 0 Å². The highest BCUT2D eigenvalue weighted by atomic mass is 19.1. The predicted molar refractivity (Wildman–Crippen MR) is 34.6 cm³/mol. The lowest BCUT2D eigenvalue weighted by Gasteiger charge is -1.94. The van der Waals surface area contributed by atoms with Gasteiger partial charge in [-0.15, -0.1) is 0 Å². The molecular weight excluding hydrogens is 115 g/mol. The number of benzene rings is 1. The van der Waals surface area contributed by atoms with Crippen LogP contribution in [0.25, 0.3) is 0 Å². The molecule has 0 atom stereocenters. The fourth-order valence-corrected chi connectivity index (χ4v) is 0.724. The van der Waals surface area contributed by atoms with Crippen LogP contribution >= 0.6 is 0 Å². The van der Waals surface area contributed by atoms with E-state index in [4.69, 9.17) is 0 Å². The molecule has 47 valence electrons. The monoisotopic (exact) mass is 123 g/mol. The van der Waals surface area contributed by atoms with Crippen LogP contribution in [0.5, 0.6) is 0 Å². The highest BCUT2D eigenvalue weighted by molar-refractivity contribution is 5.15. The van der Waals surface area contributed by atoms with Crippen LogP contribution in [-0.4, -0.2) is 0 Å². The molecule has 0 heterocycles. The second kappa shape index (κ2) is 2.62. The van der Waals surface area contributed by atoms with Crippen molar-refractivity contribution in [3.05, 3.63) is 35.6 Å². The number of aryl methyl sites for hydroxylation is 1. The van der Waals surface area contributed by atoms with Gasteiger partial charge in [0.2, 0.25) is 0 Å². The lowest BCUT2D eigenvalue weighted by atomic mass is 10.2. The molecule has 0 aromatic heterocycles. The van der Waals surface area contributed by atoms with E-state index in [1.165, 1.54) is 0 Å². The minimum atomic E-state index is -0.222. The Morgan fingerprint density at radius 2 is 2.44 bits per heavy atom. The largest absolute Gasteiger partial charge is 0.206 e. The lowest BCUT2D eigenvalue weighted by Crippen LogP contribution is -1.84. The van der Waals surface area contributed by atoms with Crippen molar-refractivity contribution < 1.29 is 4.39 Å². The zero-order valence-electron chi connectivity index (χ0n) is 5.32. The molecule has 0 N–H and O–H groups in total. The maximum absolute atomic E-state index is 12.5. The first kappa shape index (κ1) is 6.27. The second-order valence-electron chi connectivity index (χ2n) is 1.86. The van der Waals surface area contributed by atoms with E-state index < -0.39 is 0 Å². The SMILES string of the molecule is CCc1ccc[c]c1F. The lowest BCUT2D eigenvalue weighted by molar-refractivity contribution is 0.610. The number of halogens is 1. The predicted octanol–water partition coefficient (Wildman–Crippen LogP) is 2.19. The van der Waals surface area contributed by atoms with Gasteiger partial charge in [0, 0.05) is 6.07 Å². The smallest absolute Gasteiger partial charge is 0.134 e. The third kappa shape index (κ3) is 1.28. The summed E-state index contributed by atoms with van der Waals surface area (Å²) in [6.07, 6.45) is 0.739. The first-order valence-electron chi connectivity index (χ1n) is 2.99. The molecule has 9 heavy (non-hydrogen) atoms. The van der Waals surface area contributed by atoms with E-state index in [2.05, 4.69) is 6.07 Å².